The van der Waals surface area contributed by atoms with Gasteiger partial charge >= 0.3 is 0 Å². The number of rotatable bonds is 20. The predicted octanol–water partition coefficient (Wildman–Crippen LogP) is 10.5. The second-order valence-electron chi connectivity index (χ2n) is 14.1. The van der Waals surface area contributed by atoms with Crippen LogP contribution in [0.25, 0.3) is 0 Å². The van der Waals surface area contributed by atoms with Crippen molar-refractivity contribution in [2.45, 2.75) is 175 Å². The van der Waals surface area contributed by atoms with Gasteiger partial charge in [0, 0.05) is 13.2 Å². The van der Waals surface area contributed by atoms with Crippen LogP contribution in [0.4, 0.5) is 0 Å². The van der Waals surface area contributed by atoms with Gasteiger partial charge in [-0.2, -0.15) is 0 Å². The first kappa shape index (κ1) is 31.1. The molecule has 2 rings (SSSR count). The van der Waals surface area contributed by atoms with E-state index in [4.69, 9.17) is 9.47 Å². The van der Waals surface area contributed by atoms with Crippen LogP contribution in [0.5, 0.6) is 0 Å². The Hall–Kier alpha value is -0.0800. The molecule has 2 nitrogen and oxygen atoms in total. The Kier molecular flexibility index (Phi) is 13.7. The topological polar surface area (TPSA) is 18.5 Å². The van der Waals surface area contributed by atoms with E-state index in [0.29, 0.717) is 5.41 Å². The highest BCUT2D eigenvalue weighted by molar-refractivity contribution is 4.96. The normalized spacial score (nSPS) is 25.8. The summed E-state index contributed by atoms with van der Waals surface area (Å²) < 4.78 is 12.7. The standard InChI is InChI=1S/C33H64O2/c1-8-10-12-16-24-34-31(3,4)22-15-14-18-28-21-23-33(7,26-30(28)29-19-20-29)27-32(5,6)35-25-17-13-11-9-2/h28-30H,8-27H2,1-7H3. The van der Waals surface area contributed by atoms with Crippen molar-refractivity contribution in [1.29, 1.82) is 0 Å². The van der Waals surface area contributed by atoms with Crippen molar-refractivity contribution in [3.05, 3.63) is 0 Å². The molecule has 35 heavy (non-hydrogen) atoms. The van der Waals surface area contributed by atoms with Crippen molar-refractivity contribution < 1.29 is 9.47 Å². The lowest BCUT2D eigenvalue weighted by Gasteiger charge is -2.46. The second-order valence-corrected chi connectivity index (χ2v) is 14.1. The third kappa shape index (κ3) is 12.8. The van der Waals surface area contributed by atoms with E-state index in [-0.39, 0.29) is 11.2 Å². The molecule has 0 amide bonds. The van der Waals surface area contributed by atoms with Crippen LogP contribution in [-0.2, 0) is 9.47 Å². The average Bonchev–Trinajstić information content (AvgIpc) is 3.62. The second kappa shape index (κ2) is 15.4. The van der Waals surface area contributed by atoms with Crippen LogP contribution in [0.1, 0.15) is 164 Å². The molecule has 2 heteroatoms. The fourth-order valence-electron chi connectivity index (χ4n) is 7.04. The van der Waals surface area contributed by atoms with Crippen LogP contribution < -0.4 is 0 Å². The van der Waals surface area contributed by atoms with Crippen molar-refractivity contribution in [2.24, 2.45) is 23.2 Å². The van der Waals surface area contributed by atoms with E-state index in [9.17, 15) is 0 Å². The lowest BCUT2D eigenvalue weighted by Crippen LogP contribution is -2.39. The van der Waals surface area contributed by atoms with Crippen molar-refractivity contribution in [1.82, 2.24) is 0 Å². The highest BCUT2D eigenvalue weighted by Gasteiger charge is 2.45. The van der Waals surface area contributed by atoms with Gasteiger partial charge in [0.2, 0.25) is 0 Å². The van der Waals surface area contributed by atoms with E-state index < -0.39 is 0 Å². The van der Waals surface area contributed by atoms with Gasteiger partial charge in [-0.25, -0.2) is 0 Å². The first-order valence-corrected chi connectivity index (χ1v) is 15.9. The summed E-state index contributed by atoms with van der Waals surface area (Å²) in [5.74, 6) is 2.96. The van der Waals surface area contributed by atoms with Crippen LogP contribution in [0, 0.1) is 23.2 Å². The first-order chi connectivity index (χ1) is 16.6. The number of hydrogen-bond donors (Lipinski definition) is 0. The molecule has 2 aliphatic rings. The highest BCUT2D eigenvalue weighted by Crippen LogP contribution is 2.55. The maximum absolute atomic E-state index is 6.43. The molecule has 2 saturated carbocycles. The summed E-state index contributed by atoms with van der Waals surface area (Å²) in [4.78, 5) is 0. The minimum Gasteiger partial charge on any atom is -0.376 e. The molecule has 0 aliphatic heterocycles. The summed E-state index contributed by atoms with van der Waals surface area (Å²) in [6, 6.07) is 0. The van der Waals surface area contributed by atoms with Crippen LogP contribution in [-0.4, -0.2) is 24.4 Å². The molecule has 2 fully saturated rings. The molecule has 3 atom stereocenters. The summed E-state index contributed by atoms with van der Waals surface area (Å²) in [5, 5.41) is 0. The Morgan fingerprint density at radius 3 is 1.89 bits per heavy atom. The molecule has 0 N–H and O–H groups in total. The number of hydrogen-bond acceptors (Lipinski definition) is 2. The SMILES string of the molecule is CCCCCCOC(C)(C)CCCCC1CCC(C)(CC(C)(C)OCCCCCC)CC1C1CC1. The first-order valence-electron chi connectivity index (χ1n) is 15.9. The molecule has 208 valence electrons. The monoisotopic (exact) mass is 492 g/mol. The number of unbranched alkanes of at least 4 members (excludes halogenated alkanes) is 7. The molecule has 0 bridgehead atoms. The zero-order valence-corrected chi connectivity index (χ0v) is 25.2. The van der Waals surface area contributed by atoms with Crippen LogP contribution >= 0.6 is 0 Å². The molecule has 0 aromatic rings. The third-order valence-corrected chi connectivity index (χ3v) is 9.12. The van der Waals surface area contributed by atoms with Crippen molar-refractivity contribution in [3.8, 4) is 0 Å². The molecule has 3 unspecified atom stereocenters. The lowest BCUT2D eigenvalue weighted by molar-refractivity contribution is -0.0667. The van der Waals surface area contributed by atoms with Gasteiger partial charge in [0.15, 0.2) is 0 Å². The molecular weight excluding hydrogens is 428 g/mol. The van der Waals surface area contributed by atoms with E-state index in [1.165, 1.54) is 116 Å². The minimum atomic E-state index is 0.0179. The molecule has 0 saturated heterocycles. The van der Waals surface area contributed by atoms with Gasteiger partial charge in [-0.1, -0.05) is 78.6 Å². The van der Waals surface area contributed by atoms with Crippen molar-refractivity contribution in [2.75, 3.05) is 13.2 Å². The Labute approximate surface area is 221 Å². The average molecular weight is 493 g/mol. The smallest absolute Gasteiger partial charge is 0.0631 e. The minimum absolute atomic E-state index is 0.0179. The van der Waals surface area contributed by atoms with Gasteiger partial charge in [-0.3, -0.25) is 0 Å². The number of ether oxygens (including phenoxy) is 2. The van der Waals surface area contributed by atoms with Gasteiger partial charge in [0.1, 0.15) is 0 Å². The Morgan fingerprint density at radius 2 is 1.31 bits per heavy atom. The molecule has 2 aliphatic carbocycles. The Balaban J connectivity index is 1.72. The molecular formula is C33H64O2. The summed E-state index contributed by atoms with van der Waals surface area (Å²) in [6.45, 7) is 18.3. The summed E-state index contributed by atoms with van der Waals surface area (Å²) >= 11 is 0. The summed E-state index contributed by atoms with van der Waals surface area (Å²) in [7, 11) is 0. The van der Waals surface area contributed by atoms with Gasteiger partial charge in [0.05, 0.1) is 11.2 Å². The van der Waals surface area contributed by atoms with E-state index in [1.54, 1.807) is 0 Å². The van der Waals surface area contributed by atoms with Gasteiger partial charge < -0.3 is 9.47 Å². The molecule has 0 radical (unpaired) electrons. The Bertz CT molecular complexity index is 549. The van der Waals surface area contributed by atoms with Gasteiger partial charge in [-0.15, -0.1) is 0 Å². The van der Waals surface area contributed by atoms with Crippen molar-refractivity contribution >= 4 is 0 Å². The zero-order valence-electron chi connectivity index (χ0n) is 25.2. The van der Waals surface area contributed by atoms with E-state index in [0.717, 1.165) is 31.0 Å². The summed E-state index contributed by atoms with van der Waals surface area (Å²) in [5.41, 5.74) is 0.531. The fraction of sp³-hybridized carbons (Fsp3) is 1.00. The molecule has 0 aromatic carbocycles. The quantitative estimate of drug-likeness (QED) is 0.157. The van der Waals surface area contributed by atoms with Crippen LogP contribution in [0.15, 0.2) is 0 Å². The van der Waals surface area contributed by atoms with Crippen LogP contribution in [0.2, 0.25) is 0 Å². The van der Waals surface area contributed by atoms with E-state index in [1.807, 2.05) is 0 Å². The van der Waals surface area contributed by atoms with Crippen molar-refractivity contribution in [3.63, 3.8) is 0 Å². The van der Waals surface area contributed by atoms with Gasteiger partial charge in [-0.05, 0) is 109 Å². The molecule has 0 heterocycles. The maximum atomic E-state index is 6.43. The Morgan fingerprint density at radius 1 is 0.714 bits per heavy atom. The van der Waals surface area contributed by atoms with Crippen LogP contribution in [0.3, 0.4) is 0 Å². The largest absolute Gasteiger partial charge is 0.376 e. The lowest BCUT2D eigenvalue weighted by atomic mass is 9.61. The molecule has 0 aromatic heterocycles. The van der Waals surface area contributed by atoms with E-state index in [2.05, 4.69) is 48.5 Å². The van der Waals surface area contributed by atoms with E-state index >= 15 is 0 Å². The highest BCUT2D eigenvalue weighted by atomic mass is 16.5. The predicted molar refractivity (Wildman–Crippen MR) is 153 cm³/mol. The maximum Gasteiger partial charge on any atom is 0.0631 e. The fourth-order valence-corrected chi connectivity index (χ4v) is 7.04. The zero-order chi connectivity index (χ0) is 25.8. The third-order valence-electron chi connectivity index (χ3n) is 9.12. The summed E-state index contributed by atoms with van der Waals surface area (Å²) in [6.07, 6.45) is 24.2. The molecule has 0 spiro atoms. The van der Waals surface area contributed by atoms with Gasteiger partial charge in [0.25, 0.3) is 0 Å².